The number of hydrogen-bond donors (Lipinski definition) is 2. The quantitative estimate of drug-likeness (QED) is 0.417. The van der Waals surface area contributed by atoms with Gasteiger partial charge in [0.2, 0.25) is 5.91 Å². The van der Waals surface area contributed by atoms with E-state index in [0.717, 1.165) is 41.9 Å². The SMILES string of the molecule is COc1c(F)cc(-c2cc(C(F)(F)F)c3c(N)ncnn23)cc1C(=O)N[C@@H]1CN(C(=O)CC(C)C(F)(F)F)C[C@@H]1F. The number of rotatable bonds is 6. The van der Waals surface area contributed by atoms with Gasteiger partial charge in [-0.3, -0.25) is 9.59 Å². The molecule has 1 saturated heterocycles. The lowest BCUT2D eigenvalue weighted by atomic mass is 10.0. The third kappa shape index (κ3) is 5.83. The molecule has 0 saturated carbocycles. The van der Waals surface area contributed by atoms with Crippen LogP contribution in [0.2, 0.25) is 0 Å². The van der Waals surface area contributed by atoms with Gasteiger partial charge in [0.15, 0.2) is 17.4 Å². The van der Waals surface area contributed by atoms with E-state index >= 15 is 4.39 Å². The first kappa shape index (κ1) is 29.8. The van der Waals surface area contributed by atoms with Crippen molar-refractivity contribution in [3.8, 4) is 17.0 Å². The highest BCUT2D eigenvalue weighted by Crippen LogP contribution is 2.40. The summed E-state index contributed by atoms with van der Waals surface area (Å²) < 4.78 is 115. The van der Waals surface area contributed by atoms with E-state index in [1.54, 1.807) is 0 Å². The predicted molar refractivity (Wildman–Crippen MR) is 127 cm³/mol. The van der Waals surface area contributed by atoms with Gasteiger partial charge in [-0.05, 0) is 18.2 Å². The van der Waals surface area contributed by atoms with Crippen molar-refractivity contribution in [3.63, 3.8) is 0 Å². The molecule has 3 heterocycles. The van der Waals surface area contributed by atoms with Crippen molar-refractivity contribution in [1.29, 1.82) is 0 Å². The highest BCUT2D eigenvalue weighted by atomic mass is 19.4. The summed E-state index contributed by atoms with van der Waals surface area (Å²) in [7, 11) is 1.02. The van der Waals surface area contributed by atoms with Crippen LogP contribution < -0.4 is 15.8 Å². The molecule has 17 heteroatoms. The van der Waals surface area contributed by atoms with Gasteiger partial charge in [-0.2, -0.15) is 31.4 Å². The van der Waals surface area contributed by atoms with Crippen LogP contribution in [0, 0.1) is 11.7 Å². The normalized spacial score (nSPS) is 18.5. The van der Waals surface area contributed by atoms with E-state index in [1.807, 2.05) is 0 Å². The molecule has 3 N–H and O–H groups in total. The molecule has 1 unspecified atom stereocenters. The molecular formula is C24H22F8N6O3. The predicted octanol–water partition coefficient (Wildman–Crippen LogP) is 4.01. The molecule has 2 aromatic heterocycles. The molecule has 3 aromatic rings. The number of fused-ring (bicyclic) bond motifs is 1. The standard InChI is InChI=1S/C24H22F8N6O3/c1-10(23(27,28)29)3-18(39)37-7-15(26)16(8-37)36-22(40)12-4-11(5-14(25)20(12)41-2)17-6-13(24(30,31)32)19-21(33)34-9-35-38(17)19/h4-6,9-10,15-16H,3,7-8H2,1-2H3,(H,36,40)(H2,33,34,35)/t10?,15-,16+/m0/s1. The molecule has 0 spiro atoms. The number of carbonyl (C=O) groups is 2. The fourth-order valence-electron chi connectivity index (χ4n) is 4.46. The Morgan fingerprint density at radius 2 is 1.85 bits per heavy atom. The number of ether oxygens (including phenoxy) is 1. The molecule has 4 rings (SSSR count). The average molecular weight is 594 g/mol. The Bertz CT molecular complexity index is 1490. The van der Waals surface area contributed by atoms with E-state index in [0.29, 0.717) is 6.07 Å². The number of likely N-dealkylation sites (tertiary alicyclic amines) is 1. The summed E-state index contributed by atoms with van der Waals surface area (Å²) in [6.45, 7) is -0.243. The molecule has 0 radical (unpaired) electrons. The molecule has 0 bridgehead atoms. The van der Waals surface area contributed by atoms with Crippen LogP contribution in [0.25, 0.3) is 16.8 Å². The molecule has 1 aliphatic rings. The van der Waals surface area contributed by atoms with E-state index in [4.69, 9.17) is 10.5 Å². The third-order valence-electron chi connectivity index (χ3n) is 6.63. The minimum absolute atomic E-state index is 0.252. The van der Waals surface area contributed by atoms with Gasteiger partial charge in [-0.1, -0.05) is 6.92 Å². The lowest BCUT2D eigenvalue weighted by Crippen LogP contribution is -2.42. The lowest BCUT2D eigenvalue weighted by molar-refractivity contribution is -0.176. The summed E-state index contributed by atoms with van der Waals surface area (Å²) in [5.74, 6) is -6.33. The number of anilines is 1. The second-order valence-electron chi connectivity index (χ2n) is 9.43. The third-order valence-corrected chi connectivity index (χ3v) is 6.63. The highest BCUT2D eigenvalue weighted by molar-refractivity contribution is 5.99. The van der Waals surface area contributed by atoms with Crippen molar-refractivity contribution in [2.45, 2.75) is 37.9 Å². The Kier molecular flexibility index (Phi) is 7.75. The molecule has 2 amide bonds. The Morgan fingerprint density at radius 3 is 2.46 bits per heavy atom. The molecule has 0 aliphatic carbocycles. The van der Waals surface area contributed by atoms with Gasteiger partial charge in [0.05, 0.1) is 42.4 Å². The van der Waals surface area contributed by atoms with Gasteiger partial charge in [0, 0.05) is 18.5 Å². The molecule has 1 aromatic carbocycles. The van der Waals surface area contributed by atoms with Crippen molar-refractivity contribution in [2.24, 2.45) is 5.92 Å². The molecule has 9 nitrogen and oxygen atoms in total. The van der Waals surface area contributed by atoms with Gasteiger partial charge in [-0.25, -0.2) is 18.3 Å². The van der Waals surface area contributed by atoms with Crippen LogP contribution >= 0.6 is 0 Å². The average Bonchev–Trinajstić information content (AvgIpc) is 3.44. The number of methoxy groups -OCH3 is 1. The molecule has 222 valence electrons. The summed E-state index contributed by atoms with van der Waals surface area (Å²) in [6, 6.07) is 1.06. The number of benzene rings is 1. The van der Waals surface area contributed by atoms with Crippen LogP contribution in [0.15, 0.2) is 24.5 Å². The summed E-state index contributed by atoms with van der Waals surface area (Å²) in [6.07, 6.45) is -11.4. The molecular weight excluding hydrogens is 572 g/mol. The van der Waals surface area contributed by atoms with Crippen LogP contribution in [-0.4, -0.2) is 69.9 Å². The number of nitrogen functional groups attached to an aromatic ring is 1. The zero-order valence-corrected chi connectivity index (χ0v) is 21.3. The Balaban J connectivity index is 1.65. The summed E-state index contributed by atoms with van der Waals surface area (Å²) in [5.41, 5.74) is 2.72. The van der Waals surface area contributed by atoms with E-state index < -0.39 is 95.8 Å². The maximum absolute atomic E-state index is 15.0. The first-order valence-electron chi connectivity index (χ1n) is 11.9. The van der Waals surface area contributed by atoms with Gasteiger partial charge in [0.1, 0.15) is 18.0 Å². The highest BCUT2D eigenvalue weighted by Gasteiger charge is 2.42. The zero-order chi connectivity index (χ0) is 30.4. The van der Waals surface area contributed by atoms with Crippen molar-refractivity contribution >= 4 is 23.1 Å². The van der Waals surface area contributed by atoms with E-state index in [-0.39, 0.29) is 11.3 Å². The van der Waals surface area contributed by atoms with Gasteiger partial charge in [-0.15, -0.1) is 0 Å². The van der Waals surface area contributed by atoms with E-state index in [1.165, 1.54) is 0 Å². The number of halogens is 8. The van der Waals surface area contributed by atoms with Crippen molar-refractivity contribution in [3.05, 3.63) is 41.5 Å². The Hall–Kier alpha value is -4.18. The fraction of sp³-hybridized carbons (Fsp3) is 0.417. The van der Waals surface area contributed by atoms with Gasteiger partial charge in [0.25, 0.3) is 5.91 Å². The summed E-state index contributed by atoms with van der Waals surface area (Å²) in [5, 5.41) is 6.03. The van der Waals surface area contributed by atoms with Crippen LogP contribution in [0.4, 0.5) is 40.9 Å². The topological polar surface area (TPSA) is 115 Å². The smallest absolute Gasteiger partial charge is 0.418 e. The molecule has 3 atom stereocenters. The number of aromatic nitrogens is 3. The first-order chi connectivity index (χ1) is 19.0. The Labute approximate surface area is 226 Å². The largest absolute Gasteiger partial charge is 0.493 e. The van der Waals surface area contributed by atoms with Crippen molar-refractivity contribution < 1.29 is 49.4 Å². The van der Waals surface area contributed by atoms with Crippen molar-refractivity contribution in [2.75, 3.05) is 25.9 Å². The zero-order valence-electron chi connectivity index (χ0n) is 21.3. The molecule has 1 aliphatic heterocycles. The minimum atomic E-state index is -4.90. The monoisotopic (exact) mass is 594 g/mol. The molecule has 41 heavy (non-hydrogen) atoms. The first-order valence-corrected chi connectivity index (χ1v) is 11.9. The van der Waals surface area contributed by atoms with Crippen LogP contribution in [0.5, 0.6) is 5.75 Å². The van der Waals surface area contributed by atoms with Gasteiger partial charge >= 0.3 is 12.4 Å². The number of nitrogens with two attached hydrogens (primary N) is 1. The number of hydrogen-bond acceptors (Lipinski definition) is 6. The number of alkyl halides is 7. The Morgan fingerprint density at radius 1 is 1.17 bits per heavy atom. The number of amides is 2. The van der Waals surface area contributed by atoms with Crippen LogP contribution in [0.1, 0.15) is 29.3 Å². The summed E-state index contributed by atoms with van der Waals surface area (Å²) in [4.78, 5) is 29.8. The maximum Gasteiger partial charge on any atom is 0.418 e. The number of nitrogens with zero attached hydrogens (tertiary/aromatic N) is 4. The second kappa shape index (κ2) is 10.7. The van der Waals surface area contributed by atoms with Crippen LogP contribution in [0.3, 0.4) is 0 Å². The number of nitrogens with one attached hydrogen (secondary N) is 1. The maximum atomic E-state index is 15.0. The second-order valence-corrected chi connectivity index (χ2v) is 9.43. The molecule has 1 fully saturated rings. The van der Waals surface area contributed by atoms with Crippen LogP contribution in [-0.2, 0) is 11.0 Å². The fourth-order valence-corrected chi connectivity index (χ4v) is 4.46. The number of carbonyl (C=O) groups excluding carboxylic acids is 2. The summed E-state index contributed by atoms with van der Waals surface area (Å²) >= 11 is 0. The minimum Gasteiger partial charge on any atom is -0.493 e. The van der Waals surface area contributed by atoms with E-state index in [9.17, 15) is 40.3 Å². The van der Waals surface area contributed by atoms with E-state index in [2.05, 4.69) is 15.4 Å². The van der Waals surface area contributed by atoms with Crippen molar-refractivity contribution in [1.82, 2.24) is 24.8 Å². The lowest BCUT2D eigenvalue weighted by Gasteiger charge is -2.20. The van der Waals surface area contributed by atoms with Gasteiger partial charge < -0.3 is 20.7 Å².